The summed E-state index contributed by atoms with van der Waals surface area (Å²) in [5.41, 5.74) is 4.24. The van der Waals surface area contributed by atoms with Crippen molar-refractivity contribution < 1.29 is 9.53 Å². The van der Waals surface area contributed by atoms with Crippen LogP contribution >= 0.6 is 0 Å². The highest BCUT2D eigenvalue weighted by molar-refractivity contribution is 5.97. The minimum Gasteiger partial charge on any atom is -0.455 e. The molecule has 0 atom stereocenters. The Bertz CT molecular complexity index is 887. The molecule has 26 heavy (non-hydrogen) atoms. The van der Waals surface area contributed by atoms with E-state index >= 15 is 0 Å². The molecule has 3 rings (SSSR count). The summed E-state index contributed by atoms with van der Waals surface area (Å²) in [6.45, 7) is 8.35. The summed E-state index contributed by atoms with van der Waals surface area (Å²) in [5, 5.41) is 0. The third kappa shape index (κ3) is 4.05. The predicted octanol–water partition coefficient (Wildman–Crippen LogP) is 5.47. The van der Waals surface area contributed by atoms with Gasteiger partial charge in [0.15, 0.2) is 0 Å². The van der Waals surface area contributed by atoms with Crippen LogP contribution < -0.4 is 0 Å². The molecule has 3 nitrogen and oxygen atoms in total. The topological polar surface area (TPSA) is 31.2 Å². The van der Waals surface area contributed by atoms with E-state index in [0.29, 0.717) is 12.2 Å². The Morgan fingerprint density at radius 1 is 0.962 bits per heavy atom. The zero-order valence-electron chi connectivity index (χ0n) is 15.8. The lowest BCUT2D eigenvalue weighted by Gasteiger charge is -2.21. The minimum atomic E-state index is -0.541. The van der Waals surface area contributed by atoms with Crippen LogP contribution in [0.15, 0.2) is 66.9 Å². The van der Waals surface area contributed by atoms with Crippen molar-refractivity contribution in [2.45, 2.75) is 39.8 Å². The third-order valence-corrected chi connectivity index (χ3v) is 4.12. The van der Waals surface area contributed by atoms with Gasteiger partial charge >= 0.3 is 5.97 Å². The number of aromatic nitrogens is 1. The SMILES string of the molecule is Cc1cn(Cc2ccccc2)c(C(=O)OC(C)(C)C)c1-c1ccccc1. The van der Waals surface area contributed by atoms with Crippen molar-refractivity contribution in [1.29, 1.82) is 0 Å². The highest BCUT2D eigenvalue weighted by atomic mass is 16.6. The van der Waals surface area contributed by atoms with Gasteiger partial charge in [0.1, 0.15) is 11.3 Å². The Hall–Kier alpha value is -2.81. The highest BCUT2D eigenvalue weighted by Crippen LogP contribution is 2.31. The van der Waals surface area contributed by atoms with Gasteiger partial charge in [0.05, 0.1) is 0 Å². The summed E-state index contributed by atoms with van der Waals surface area (Å²) in [7, 11) is 0. The molecule has 0 spiro atoms. The lowest BCUT2D eigenvalue weighted by Crippen LogP contribution is -2.26. The van der Waals surface area contributed by atoms with Crippen LogP contribution in [0.25, 0.3) is 11.1 Å². The Kier molecular flexibility index (Phi) is 4.99. The zero-order chi connectivity index (χ0) is 18.7. The molecule has 3 heteroatoms. The van der Waals surface area contributed by atoms with Gasteiger partial charge in [-0.15, -0.1) is 0 Å². The second-order valence-corrected chi connectivity index (χ2v) is 7.52. The van der Waals surface area contributed by atoms with Gasteiger partial charge < -0.3 is 9.30 Å². The summed E-state index contributed by atoms with van der Waals surface area (Å²) >= 11 is 0. The minimum absolute atomic E-state index is 0.291. The molecular weight excluding hydrogens is 322 g/mol. The highest BCUT2D eigenvalue weighted by Gasteiger charge is 2.26. The molecule has 0 radical (unpaired) electrons. The van der Waals surface area contributed by atoms with Gasteiger partial charge in [-0.3, -0.25) is 0 Å². The third-order valence-electron chi connectivity index (χ3n) is 4.12. The van der Waals surface area contributed by atoms with Crippen LogP contribution in [0.3, 0.4) is 0 Å². The molecule has 0 aliphatic heterocycles. The molecule has 0 saturated heterocycles. The van der Waals surface area contributed by atoms with E-state index in [1.165, 1.54) is 0 Å². The van der Waals surface area contributed by atoms with Crippen LogP contribution in [0.4, 0.5) is 0 Å². The quantitative estimate of drug-likeness (QED) is 0.586. The van der Waals surface area contributed by atoms with Crippen molar-refractivity contribution >= 4 is 5.97 Å². The lowest BCUT2D eigenvalue weighted by molar-refractivity contribution is 0.00592. The summed E-state index contributed by atoms with van der Waals surface area (Å²) in [6.07, 6.45) is 2.04. The van der Waals surface area contributed by atoms with Crippen LogP contribution in [-0.2, 0) is 11.3 Å². The normalized spacial score (nSPS) is 11.4. The molecule has 0 bridgehead atoms. The van der Waals surface area contributed by atoms with Gasteiger partial charge in [-0.25, -0.2) is 4.79 Å². The molecule has 3 aromatic rings. The van der Waals surface area contributed by atoms with E-state index in [1.54, 1.807) is 0 Å². The monoisotopic (exact) mass is 347 g/mol. The molecule has 0 unspecified atom stereocenters. The van der Waals surface area contributed by atoms with E-state index in [4.69, 9.17) is 4.74 Å². The first-order valence-electron chi connectivity index (χ1n) is 8.87. The summed E-state index contributed by atoms with van der Waals surface area (Å²) < 4.78 is 7.72. The Morgan fingerprint density at radius 3 is 2.12 bits per heavy atom. The van der Waals surface area contributed by atoms with Gasteiger partial charge in [-0.1, -0.05) is 60.7 Å². The van der Waals surface area contributed by atoms with Gasteiger partial charge in [-0.05, 0) is 44.4 Å². The number of esters is 1. The number of hydrogen-bond donors (Lipinski definition) is 0. The average molecular weight is 347 g/mol. The van der Waals surface area contributed by atoms with E-state index < -0.39 is 5.60 Å². The van der Waals surface area contributed by atoms with Crippen LogP contribution in [0.2, 0.25) is 0 Å². The molecule has 1 heterocycles. The van der Waals surface area contributed by atoms with Crippen molar-refractivity contribution in [3.63, 3.8) is 0 Å². The maximum absolute atomic E-state index is 13.0. The molecule has 0 saturated carbocycles. The van der Waals surface area contributed by atoms with Gasteiger partial charge in [-0.2, -0.15) is 0 Å². The van der Waals surface area contributed by atoms with Crippen molar-refractivity contribution in [1.82, 2.24) is 4.57 Å². The number of aryl methyl sites for hydroxylation is 1. The van der Waals surface area contributed by atoms with Crippen molar-refractivity contribution in [3.8, 4) is 11.1 Å². The number of carbonyl (C=O) groups is 1. The van der Waals surface area contributed by atoms with Crippen LogP contribution in [0.5, 0.6) is 0 Å². The Labute approximate surface area is 155 Å². The summed E-state index contributed by atoms with van der Waals surface area (Å²) in [4.78, 5) is 13.0. The molecule has 2 aromatic carbocycles. The number of nitrogens with zero attached hydrogens (tertiary/aromatic N) is 1. The van der Waals surface area contributed by atoms with E-state index in [-0.39, 0.29) is 5.97 Å². The molecule has 0 aliphatic carbocycles. The fraction of sp³-hybridized carbons (Fsp3) is 0.261. The summed E-state index contributed by atoms with van der Waals surface area (Å²) in [6, 6.07) is 20.2. The first kappa shape index (κ1) is 18.0. The van der Waals surface area contributed by atoms with Crippen LogP contribution in [0, 0.1) is 6.92 Å². The van der Waals surface area contributed by atoms with Crippen LogP contribution in [-0.4, -0.2) is 16.1 Å². The van der Waals surface area contributed by atoms with Crippen LogP contribution in [0.1, 0.15) is 42.4 Å². The molecular formula is C23H25NO2. The van der Waals surface area contributed by atoms with E-state index in [9.17, 15) is 4.79 Å². The number of ether oxygens (including phenoxy) is 1. The fourth-order valence-corrected chi connectivity index (χ4v) is 3.11. The Balaban J connectivity index is 2.11. The second-order valence-electron chi connectivity index (χ2n) is 7.52. The standard InChI is InChI=1S/C23H25NO2/c1-17-15-24(16-18-11-7-5-8-12-18)21(22(25)26-23(2,3)4)20(17)19-13-9-6-10-14-19/h5-15H,16H2,1-4H3. The van der Waals surface area contributed by atoms with Gasteiger partial charge in [0.2, 0.25) is 0 Å². The maximum atomic E-state index is 13.0. The first-order valence-corrected chi connectivity index (χ1v) is 8.87. The smallest absolute Gasteiger partial charge is 0.356 e. The number of carbonyl (C=O) groups excluding carboxylic acids is 1. The largest absolute Gasteiger partial charge is 0.455 e. The van der Waals surface area contributed by atoms with Gasteiger partial charge in [0, 0.05) is 18.3 Å². The fourth-order valence-electron chi connectivity index (χ4n) is 3.11. The Morgan fingerprint density at radius 2 is 1.54 bits per heavy atom. The van der Waals surface area contributed by atoms with Gasteiger partial charge in [0.25, 0.3) is 0 Å². The van der Waals surface area contributed by atoms with E-state index in [0.717, 1.165) is 22.3 Å². The van der Waals surface area contributed by atoms with E-state index in [2.05, 4.69) is 12.1 Å². The molecule has 1 aromatic heterocycles. The molecule has 0 fully saturated rings. The van der Waals surface area contributed by atoms with E-state index in [1.807, 2.05) is 87.0 Å². The van der Waals surface area contributed by atoms with Crippen molar-refractivity contribution in [2.24, 2.45) is 0 Å². The molecule has 0 aliphatic rings. The number of benzene rings is 2. The maximum Gasteiger partial charge on any atom is 0.356 e. The molecule has 0 amide bonds. The lowest BCUT2D eigenvalue weighted by atomic mass is 10.0. The average Bonchev–Trinajstić information content (AvgIpc) is 2.91. The molecule has 134 valence electrons. The predicted molar refractivity (Wildman–Crippen MR) is 105 cm³/mol. The number of rotatable bonds is 4. The first-order chi connectivity index (χ1) is 12.3. The zero-order valence-corrected chi connectivity index (χ0v) is 15.8. The number of hydrogen-bond acceptors (Lipinski definition) is 2. The molecule has 0 N–H and O–H groups in total. The second kappa shape index (κ2) is 7.20. The summed E-state index contributed by atoms with van der Waals surface area (Å²) in [5.74, 6) is -0.291. The van der Waals surface area contributed by atoms with Crippen molar-refractivity contribution in [3.05, 3.63) is 83.7 Å². The van der Waals surface area contributed by atoms with Crippen molar-refractivity contribution in [2.75, 3.05) is 0 Å².